The van der Waals surface area contributed by atoms with Gasteiger partial charge in [-0.3, -0.25) is 0 Å². The summed E-state index contributed by atoms with van der Waals surface area (Å²) in [6, 6.07) is 66.8. The number of furan rings is 1. The fourth-order valence-electron chi connectivity index (χ4n) is 7.02. The highest BCUT2D eigenvalue weighted by atomic mass is 16.3. The van der Waals surface area contributed by atoms with E-state index < -0.39 is 0 Å². The van der Waals surface area contributed by atoms with Crippen LogP contribution in [0.5, 0.6) is 0 Å². The van der Waals surface area contributed by atoms with Gasteiger partial charge in [0, 0.05) is 27.9 Å². The molecule has 0 aliphatic carbocycles. The van der Waals surface area contributed by atoms with Crippen LogP contribution in [0.1, 0.15) is 0 Å². The fourth-order valence-corrected chi connectivity index (χ4v) is 7.02. The lowest BCUT2D eigenvalue weighted by Gasteiger charge is -2.28. The van der Waals surface area contributed by atoms with Crippen LogP contribution in [-0.2, 0) is 0 Å². The number of benzene rings is 8. The molecule has 0 amide bonds. The van der Waals surface area contributed by atoms with Crippen molar-refractivity contribution in [3.05, 3.63) is 188 Å². The predicted molar refractivity (Wildman–Crippen MR) is 202 cm³/mol. The fraction of sp³-hybridized carbons (Fsp3) is 0. The SMILES string of the molecule is c1ccc(-c2c(-c3ccccc3N(c3cccc(-c4cccc5ccccc45)c3)c3ccc4ccccc4c3)oc3ccccc23)cc1. The number of para-hydroxylation sites is 2. The van der Waals surface area contributed by atoms with E-state index in [4.69, 9.17) is 4.42 Å². The molecule has 1 heterocycles. The molecule has 0 bridgehead atoms. The van der Waals surface area contributed by atoms with Gasteiger partial charge in [-0.15, -0.1) is 0 Å². The average Bonchev–Trinajstić information content (AvgIpc) is 3.55. The van der Waals surface area contributed by atoms with Crippen molar-refractivity contribution in [2.24, 2.45) is 0 Å². The van der Waals surface area contributed by atoms with Crippen molar-refractivity contribution >= 4 is 49.6 Å². The Morgan fingerprint density at radius 3 is 1.90 bits per heavy atom. The second kappa shape index (κ2) is 11.8. The van der Waals surface area contributed by atoms with E-state index >= 15 is 0 Å². The van der Waals surface area contributed by atoms with Gasteiger partial charge in [-0.25, -0.2) is 0 Å². The summed E-state index contributed by atoms with van der Waals surface area (Å²) in [6.45, 7) is 0. The number of hydrogen-bond acceptors (Lipinski definition) is 2. The number of anilines is 3. The molecule has 226 valence electrons. The minimum atomic E-state index is 0.856. The summed E-state index contributed by atoms with van der Waals surface area (Å²) in [7, 11) is 0. The first kappa shape index (κ1) is 27.9. The summed E-state index contributed by atoms with van der Waals surface area (Å²) >= 11 is 0. The maximum Gasteiger partial charge on any atom is 0.145 e. The van der Waals surface area contributed by atoms with Crippen LogP contribution in [-0.4, -0.2) is 0 Å². The molecule has 2 nitrogen and oxygen atoms in total. The molecule has 0 atom stereocenters. The molecule has 9 aromatic rings. The molecule has 9 rings (SSSR count). The van der Waals surface area contributed by atoms with Crippen LogP contribution in [0.3, 0.4) is 0 Å². The number of rotatable bonds is 6. The molecule has 0 fully saturated rings. The Labute approximate surface area is 279 Å². The Kier molecular flexibility index (Phi) is 6.84. The van der Waals surface area contributed by atoms with E-state index in [0.717, 1.165) is 50.5 Å². The van der Waals surface area contributed by atoms with Gasteiger partial charge >= 0.3 is 0 Å². The van der Waals surface area contributed by atoms with E-state index in [-0.39, 0.29) is 0 Å². The van der Waals surface area contributed by atoms with Crippen LogP contribution in [0.2, 0.25) is 0 Å². The highest BCUT2D eigenvalue weighted by Crippen LogP contribution is 2.47. The predicted octanol–water partition coefficient (Wildman–Crippen LogP) is 13.2. The van der Waals surface area contributed by atoms with Gasteiger partial charge in [0.2, 0.25) is 0 Å². The maximum atomic E-state index is 6.79. The molecule has 0 aliphatic heterocycles. The van der Waals surface area contributed by atoms with Crippen molar-refractivity contribution < 1.29 is 4.42 Å². The summed E-state index contributed by atoms with van der Waals surface area (Å²) in [5.74, 6) is 0.856. The third-order valence-corrected chi connectivity index (χ3v) is 9.24. The van der Waals surface area contributed by atoms with Gasteiger partial charge in [-0.2, -0.15) is 0 Å². The van der Waals surface area contributed by atoms with Crippen LogP contribution in [0, 0.1) is 0 Å². The van der Waals surface area contributed by atoms with Crippen LogP contribution < -0.4 is 4.90 Å². The average molecular weight is 614 g/mol. The van der Waals surface area contributed by atoms with Crippen LogP contribution in [0.4, 0.5) is 17.1 Å². The summed E-state index contributed by atoms with van der Waals surface area (Å²) < 4.78 is 6.79. The van der Waals surface area contributed by atoms with Gasteiger partial charge < -0.3 is 9.32 Å². The summed E-state index contributed by atoms with van der Waals surface area (Å²) in [4.78, 5) is 2.37. The largest absolute Gasteiger partial charge is 0.455 e. The molecule has 8 aromatic carbocycles. The van der Waals surface area contributed by atoms with E-state index in [9.17, 15) is 0 Å². The van der Waals surface area contributed by atoms with E-state index in [2.05, 4.69) is 187 Å². The van der Waals surface area contributed by atoms with E-state index in [1.807, 2.05) is 6.07 Å². The monoisotopic (exact) mass is 613 g/mol. The first-order valence-corrected chi connectivity index (χ1v) is 16.4. The second-order valence-corrected chi connectivity index (χ2v) is 12.1. The zero-order chi connectivity index (χ0) is 31.9. The lowest BCUT2D eigenvalue weighted by Crippen LogP contribution is -2.11. The molecule has 0 saturated heterocycles. The minimum absolute atomic E-state index is 0.856. The van der Waals surface area contributed by atoms with Crippen molar-refractivity contribution in [3.8, 4) is 33.6 Å². The van der Waals surface area contributed by atoms with E-state index in [0.29, 0.717) is 0 Å². The van der Waals surface area contributed by atoms with Crippen molar-refractivity contribution in [3.63, 3.8) is 0 Å². The highest BCUT2D eigenvalue weighted by Gasteiger charge is 2.24. The number of nitrogens with zero attached hydrogens (tertiary/aromatic N) is 1. The van der Waals surface area contributed by atoms with Gasteiger partial charge in [-0.05, 0) is 80.7 Å². The van der Waals surface area contributed by atoms with Gasteiger partial charge in [-0.1, -0.05) is 146 Å². The Balaban J connectivity index is 1.30. The Bertz CT molecular complexity index is 2570. The third-order valence-electron chi connectivity index (χ3n) is 9.24. The van der Waals surface area contributed by atoms with E-state index in [1.165, 1.54) is 32.7 Å². The number of hydrogen-bond donors (Lipinski definition) is 0. The number of fused-ring (bicyclic) bond motifs is 3. The molecule has 0 aliphatic rings. The topological polar surface area (TPSA) is 16.4 Å². The van der Waals surface area contributed by atoms with Crippen molar-refractivity contribution in [1.29, 1.82) is 0 Å². The zero-order valence-corrected chi connectivity index (χ0v) is 26.3. The van der Waals surface area contributed by atoms with Crippen LogP contribution >= 0.6 is 0 Å². The highest BCUT2D eigenvalue weighted by molar-refractivity contribution is 6.05. The second-order valence-electron chi connectivity index (χ2n) is 12.1. The lowest BCUT2D eigenvalue weighted by molar-refractivity contribution is 0.632. The zero-order valence-electron chi connectivity index (χ0n) is 26.3. The summed E-state index contributed by atoms with van der Waals surface area (Å²) in [5, 5.41) is 5.97. The molecule has 1 aromatic heterocycles. The van der Waals surface area contributed by atoms with E-state index in [1.54, 1.807) is 0 Å². The Hall–Kier alpha value is -6.38. The van der Waals surface area contributed by atoms with Crippen molar-refractivity contribution in [2.75, 3.05) is 4.90 Å². The first-order valence-electron chi connectivity index (χ1n) is 16.4. The molecular weight excluding hydrogens is 583 g/mol. The molecule has 0 N–H and O–H groups in total. The molecule has 0 saturated carbocycles. The van der Waals surface area contributed by atoms with Gasteiger partial charge in [0.15, 0.2) is 0 Å². The van der Waals surface area contributed by atoms with Crippen LogP contribution in [0.15, 0.2) is 192 Å². The maximum absolute atomic E-state index is 6.79. The lowest BCUT2D eigenvalue weighted by atomic mass is 9.96. The van der Waals surface area contributed by atoms with Crippen molar-refractivity contribution in [1.82, 2.24) is 0 Å². The summed E-state index contributed by atoms with van der Waals surface area (Å²) in [5.41, 5.74) is 9.69. The first-order chi connectivity index (χ1) is 23.8. The quantitative estimate of drug-likeness (QED) is 0.185. The van der Waals surface area contributed by atoms with Gasteiger partial charge in [0.05, 0.1) is 5.69 Å². The molecule has 0 unspecified atom stereocenters. The third kappa shape index (κ3) is 4.83. The van der Waals surface area contributed by atoms with Crippen molar-refractivity contribution in [2.45, 2.75) is 0 Å². The van der Waals surface area contributed by atoms with Gasteiger partial charge in [0.1, 0.15) is 11.3 Å². The Morgan fingerprint density at radius 1 is 0.375 bits per heavy atom. The van der Waals surface area contributed by atoms with Crippen LogP contribution in [0.25, 0.3) is 66.1 Å². The normalized spacial score (nSPS) is 11.3. The van der Waals surface area contributed by atoms with Gasteiger partial charge in [0.25, 0.3) is 0 Å². The molecule has 2 heteroatoms. The summed E-state index contributed by atoms with van der Waals surface area (Å²) in [6.07, 6.45) is 0. The molecule has 0 radical (unpaired) electrons. The standard InChI is InChI=1S/C46H31NO/c1-2-16-34(17-3-1)45-42-24-9-11-27-44(42)48-46(45)41-23-8-10-26-43(41)47(38-29-28-32-14-4-5-18-35(32)30-38)37-21-12-20-36(31-37)40-25-13-19-33-15-6-7-22-39(33)40/h1-31H. The Morgan fingerprint density at radius 2 is 1.00 bits per heavy atom. The molecule has 48 heavy (non-hydrogen) atoms. The molecule has 0 spiro atoms. The smallest absolute Gasteiger partial charge is 0.145 e. The molecular formula is C46H31NO. The minimum Gasteiger partial charge on any atom is -0.455 e.